The summed E-state index contributed by atoms with van der Waals surface area (Å²) in [4.78, 5) is 0. The monoisotopic (exact) mass is 967 g/mol. The molecule has 0 spiro atoms. The Morgan fingerprint density at radius 1 is 0.119 bits per heavy atom. The number of rotatable bonds is 64. The van der Waals surface area contributed by atoms with Crippen molar-refractivity contribution in [3.63, 3.8) is 0 Å². The summed E-state index contributed by atoms with van der Waals surface area (Å²) in [5, 5.41) is 0. The van der Waals surface area contributed by atoms with Gasteiger partial charge in [0, 0.05) is 13.2 Å². The lowest BCUT2D eigenvalue weighted by Crippen LogP contribution is -2.15. The van der Waals surface area contributed by atoms with Gasteiger partial charge in [-0.3, -0.25) is 0 Å². The zero-order valence-corrected chi connectivity index (χ0v) is 44.1. The van der Waals surface area contributed by atoms with Crippen molar-refractivity contribution in [2.45, 2.75) is 181 Å². The fourth-order valence-corrected chi connectivity index (χ4v) is 7.18. The molecule has 0 aliphatic heterocycles. The van der Waals surface area contributed by atoms with Crippen LogP contribution in [0.1, 0.15) is 181 Å². The highest BCUT2D eigenvalue weighted by Gasteiger charge is 2.00. The molecule has 0 aliphatic carbocycles. The molecule has 0 aliphatic rings. The van der Waals surface area contributed by atoms with E-state index in [0.29, 0.717) is 159 Å². The molecule has 0 radical (unpaired) electrons. The molecule has 404 valence electrons. The van der Waals surface area contributed by atoms with Crippen LogP contribution in [0.5, 0.6) is 0 Å². The van der Waals surface area contributed by atoms with E-state index in [1.807, 2.05) is 0 Å². The van der Waals surface area contributed by atoms with Crippen molar-refractivity contribution in [3.8, 4) is 0 Å². The minimum atomic E-state index is 0.518. The first kappa shape index (κ1) is 66.5. The van der Waals surface area contributed by atoms with Crippen molar-refractivity contribution < 1.29 is 61.6 Å². The standard InChI is InChI=1S/C54H110O13/c1-3-5-7-9-11-13-15-17-19-21-23-25-27-29-55-31-33-57-35-37-59-39-41-61-43-45-63-47-49-65-51-53-67-54-52-66-50-48-64-46-44-62-42-40-60-38-36-58-34-32-56-30-28-26-24-22-20-18-16-14-12-10-8-6-4-2/h3-54H2,1-2H3. The van der Waals surface area contributed by atoms with E-state index < -0.39 is 0 Å². The Kier molecular flexibility index (Phi) is 65.0. The minimum Gasteiger partial charge on any atom is -0.379 e. The molecule has 0 heterocycles. The molecular formula is C54H110O13. The van der Waals surface area contributed by atoms with Crippen LogP contribution in [0, 0.1) is 0 Å². The van der Waals surface area contributed by atoms with Gasteiger partial charge in [0.2, 0.25) is 0 Å². The van der Waals surface area contributed by atoms with Crippen LogP contribution in [0.15, 0.2) is 0 Å². The first-order valence-corrected chi connectivity index (χ1v) is 27.9. The van der Waals surface area contributed by atoms with Gasteiger partial charge >= 0.3 is 0 Å². The van der Waals surface area contributed by atoms with Gasteiger partial charge in [0.1, 0.15) is 0 Å². The Balaban J connectivity index is 3.07. The van der Waals surface area contributed by atoms with Gasteiger partial charge in [0.25, 0.3) is 0 Å². The first-order valence-electron chi connectivity index (χ1n) is 27.9. The SMILES string of the molecule is CCCCCCCCCCCCCCCOCCOCCOCCOCCOCCOCCOCCOCCOCCOCCOCCOCCOCCCCCCCCCCCCCCC. The van der Waals surface area contributed by atoms with Crippen LogP contribution < -0.4 is 0 Å². The van der Waals surface area contributed by atoms with Crippen LogP contribution in [-0.4, -0.2) is 172 Å². The van der Waals surface area contributed by atoms with E-state index in [-0.39, 0.29) is 0 Å². The van der Waals surface area contributed by atoms with Gasteiger partial charge in [0.05, 0.1) is 159 Å². The molecule has 0 saturated heterocycles. The summed E-state index contributed by atoms with van der Waals surface area (Å²) in [6.45, 7) is 19.4. The van der Waals surface area contributed by atoms with E-state index in [9.17, 15) is 0 Å². The highest BCUT2D eigenvalue weighted by atomic mass is 16.6. The van der Waals surface area contributed by atoms with Crippen LogP contribution in [0.2, 0.25) is 0 Å². The first-order chi connectivity index (χ1) is 33.4. The van der Waals surface area contributed by atoms with Crippen LogP contribution in [0.3, 0.4) is 0 Å². The molecule has 0 unspecified atom stereocenters. The fourth-order valence-electron chi connectivity index (χ4n) is 7.18. The average Bonchev–Trinajstić information content (AvgIpc) is 3.34. The Morgan fingerprint density at radius 2 is 0.224 bits per heavy atom. The lowest BCUT2D eigenvalue weighted by atomic mass is 10.0. The van der Waals surface area contributed by atoms with Crippen LogP contribution >= 0.6 is 0 Å². The second-order valence-corrected chi connectivity index (χ2v) is 17.4. The van der Waals surface area contributed by atoms with E-state index in [1.54, 1.807) is 0 Å². The molecule has 0 fully saturated rings. The van der Waals surface area contributed by atoms with Gasteiger partial charge in [-0.2, -0.15) is 0 Å². The lowest BCUT2D eigenvalue weighted by molar-refractivity contribution is -0.0290. The average molecular weight is 967 g/mol. The second-order valence-electron chi connectivity index (χ2n) is 17.4. The number of ether oxygens (including phenoxy) is 13. The van der Waals surface area contributed by atoms with Crippen molar-refractivity contribution in [2.75, 3.05) is 172 Å². The zero-order valence-electron chi connectivity index (χ0n) is 44.1. The third kappa shape index (κ3) is 65.5. The van der Waals surface area contributed by atoms with Gasteiger partial charge in [-0.1, -0.05) is 168 Å². The Hall–Kier alpha value is -0.520. The van der Waals surface area contributed by atoms with Gasteiger partial charge in [-0.15, -0.1) is 0 Å². The molecule has 0 aromatic rings. The highest BCUT2D eigenvalue weighted by Crippen LogP contribution is 2.14. The van der Waals surface area contributed by atoms with E-state index in [0.717, 1.165) is 26.1 Å². The van der Waals surface area contributed by atoms with Crippen molar-refractivity contribution in [1.29, 1.82) is 0 Å². The summed E-state index contributed by atoms with van der Waals surface area (Å²) in [5.74, 6) is 0. The van der Waals surface area contributed by atoms with Crippen LogP contribution in [0.25, 0.3) is 0 Å². The molecule has 0 rings (SSSR count). The van der Waals surface area contributed by atoms with Crippen molar-refractivity contribution >= 4 is 0 Å². The number of hydrogen-bond donors (Lipinski definition) is 0. The maximum absolute atomic E-state index is 5.69. The van der Waals surface area contributed by atoms with Crippen LogP contribution in [-0.2, 0) is 61.6 Å². The predicted octanol–water partition coefficient (Wildman–Crippen LogP) is 11.4. The maximum atomic E-state index is 5.69. The summed E-state index contributed by atoms with van der Waals surface area (Å²) >= 11 is 0. The van der Waals surface area contributed by atoms with Crippen molar-refractivity contribution in [3.05, 3.63) is 0 Å². The van der Waals surface area contributed by atoms with E-state index >= 15 is 0 Å². The zero-order chi connectivity index (χ0) is 48.0. The Morgan fingerprint density at radius 3 is 0.358 bits per heavy atom. The molecule has 0 N–H and O–H groups in total. The van der Waals surface area contributed by atoms with Crippen LogP contribution in [0.4, 0.5) is 0 Å². The third-order valence-corrected chi connectivity index (χ3v) is 11.2. The molecule has 0 atom stereocenters. The summed E-state index contributed by atoms with van der Waals surface area (Å²) in [7, 11) is 0. The largest absolute Gasteiger partial charge is 0.379 e. The fraction of sp³-hybridized carbons (Fsp3) is 1.00. The minimum absolute atomic E-state index is 0.518. The second kappa shape index (κ2) is 65.5. The molecule has 0 bridgehead atoms. The number of unbranched alkanes of at least 4 members (excludes halogenated alkanes) is 24. The van der Waals surface area contributed by atoms with Crippen molar-refractivity contribution in [2.24, 2.45) is 0 Å². The highest BCUT2D eigenvalue weighted by molar-refractivity contribution is 4.51. The lowest BCUT2D eigenvalue weighted by Gasteiger charge is -2.09. The molecule has 0 aromatic carbocycles. The Bertz CT molecular complexity index is 766. The Labute approximate surface area is 413 Å². The number of hydrogen-bond acceptors (Lipinski definition) is 13. The topological polar surface area (TPSA) is 120 Å². The molecule has 0 aromatic heterocycles. The van der Waals surface area contributed by atoms with Gasteiger partial charge < -0.3 is 61.6 Å². The quantitative estimate of drug-likeness (QED) is 0.0538. The molecule has 13 heteroatoms. The van der Waals surface area contributed by atoms with Crippen molar-refractivity contribution in [1.82, 2.24) is 0 Å². The summed E-state index contributed by atoms with van der Waals surface area (Å²) in [5.41, 5.74) is 0. The van der Waals surface area contributed by atoms with Gasteiger partial charge in [0.15, 0.2) is 0 Å². The third-order valence-electron chi connectivity index (χ3n) is 11.2. The smallest absolute Gasteiger partial charge is 0.0701 e. The van der Waals surface area contributed by atoms with E-state index in [2.05, 4.69) is 13.8 Å². The summed E-state index contributed by atoms with van der Waals surface area (Å²) in [6, 6.07) is 0. The van der Waals surface area contributed by atoms with E-state index in [4.69, 9.17) is 61.6 Å². The van der Waals surface area contributed by atoms with Gasteiger partial charge in [-0.05, 0) is 12.8 Å². The summed E-state index contributed by atoms with van der Waals surface area (Å²) in [6.07, 6.45) is 35.6. The molecule has 0 saturated carbocycles. The molecule has 0 amide bonds. The van der Waals surface area contributed by atoms with E-state index in [1.165, 1.54) is 154 Å². The molecule has 13 nitrogen and oxygen atoms in total. The normalized spacial score (nSPS) is 11.7. The maximum Gasteiger partial charge on any atom is 0.0701 e. The molecular weight excluding hydrogens is 857 g/mol. The predicted molar refractivity (Wildman–Crippen MR) is 272 cm³/mol. The molecule has 67 heavy (non-hydrogen) atoms. The van der Waals surface area contributed by atoms with Gasteiger partial charge in [-0.25, -0.2) is 0 Å². The summed E-state index contributed by atoms with van der Waals surface area (Å²) < 4.78 is 72.5.